The molecule has 1 N–H and O–H groups in total. The molecule has 1 heterocycles. The van der Waals surface area contributed by atoms with Crippen molar-refractivity contribution in [2.24, 2.45) is 5.92 Å². The van der Waals surface area contributed by atoms with E-state index in [0.717, 1.165) is 23.5 Å². The van der Waals surface area contributed by atoms with Gasteiger partial charge < -0.3 is 5.32 Å². The van der Waals surface area contributed by atoms with Crippen molar-refractivity contribution in [1.82, 2.24) is 9.78 Å². The molecule has 138 valence electrons. The van der Waals surface area contributed by atoms with Crippen LogP contribution in [0.1, 0.15) is 40.4 Å². The van der Waals surface area contributed by atoms with E-state index in [2.05, 4.69) is 41.6 Å². The molecule has 2 aromatic carbocycles. The molecule has 0 radical (unpaired) electrons. The molecule has 0 spiro atoms. The van der Waals surface area contributed by atoms with Gasteiger partial charge in [0.1, 0.15) is 0 Å². The molecule has 1 aliphatic rings. The van der Waals surface area contributed by atoms with E-state index in [0.29, 0.717) is 12.5 Å². The first-order valence-corrected chi connectivity index (χ1v) is 9.49. The van der Waals surface area contributed by atoms with Gasteiger partial charge in [0.15, 0.2) is 0 Å². The summed E-state index contributed by atoms with van der Waals surface area (Å²) >= 11 is 0. The topological polar surface area (TPSA) is 46.9 Å². The molecule has 4 heteroatoms. The summed E-state index contributed by atoms with van der Waals surface area (Å²) in [7, 11) is 0. The Labute approximate surface area is 160 Å². The summed E-state index contributed by atoms with van der Waals surface area (Å²) in [5.41, 5.74) is 6.47. The molecular formula is C23H25N3O. The van der Waals surface area contributed by atoms with E-state index in [1.54, 1.807) is 0 Å². The van der Waals surface area contributed by atoms with Gasteiger partial charge >= 0.3 is 0 Å². The van der Waals surface area contributed by atoms with Crippen LogP contribution in [0, 0.1) is 26.7 Å². The Hall–Kier alpha value is -2.88. The molecule has 1 fully saturated rings. The highest BCUT2D eigenvalue weighted by atomic mass is 16.2. The minimum absolute atomic E-state index is 0.0610. The Morgan fingerprint density at radius 2 is 1.78 bits per heavy atom. The molecule has 1 amide bonds. The number of carbonyl (C=O) groups excluding carboxylic acids is 1. The summed E-state index contributed by atoms with van der Waals surface area (Å²) in [6.07, 6.45) is 0.922. The lowest BCUT2D eigenvalue weighted by atomic mass is 10.1. The fraction of sp³-hybridized carbons (Fsp3) is 0.304. The van der Waals surface area contributed by atoms with Gasteiger partial charge in [0, 0.05) is 5.92 Å². The monoisotopic (exact) mass is 359 g/mol. The first kappa shape index (κ1) is 17.5. The molecular weight excluding hydrogens is 334 g/mol. The van der Waals surface area contributed by atoms with Gasteiger partial charge in [0.05, 0.1) is 23.6 Å². The van der Waals surface area contributed by atoms with Gasteiger partial charge in [-0.3, -0.25) is 9.48 Å². The molecule has 0 bridgehead atoms. The molecule has 0 saturated heterocycles. The maximum Gasteiger partial charge on any atom is 0.228 e. The van der Waals surface area contributed by atoms with E-state index in [1.165, 1.54) is 16.7 Å². The summed E-state index contributed by atoms with van der Waals surface area (Å²) in [6.45, 7) is 6.81. The second-order valence-corrected chi connectivity index (χ2v) is 7.48. The number of aryl methyl sites for hydroxylation is 2. The molecule has 3 aromatic rings. The fourth-order valence-corrected chi connectivity index (χ4v) is 3.75. The van der Waals surface area contributed by atoms with Crippen LogP contribution in [-0.4, -0.2) is 15.7 Å². The molecule has 2 atom stereocenters. The van der Waals surface area contributed by atoms with Crippen LogP contribution in [0.4, 0.5) is 5.69 Å². The molecule has 4 rings (SSSR count). The smallest absolute Gasteiger partial charge is 0.228 e. The lowest BCUT2D eigenvalue weighted by molar-refractivity contribution is -0.117. The summed E-state index contributed by atoms with van der Waals surface area (Å²) in [5.74, 6) is 0.505. The normalized spacial score (nSPS) is 18.3. The van der Waals surface area contributed by atoms with Crippen LogP contribution >= 0.6 is 0 Å². The number of nitrogens with zero attached hydrogens (tertiary/aromatic N) is 2. The second-order valence-electron chi connectivity index (χ2n) is 7.48. The maximum atomic E-state index is 12.7. The zero-order chi connectivity index (χ0) is 19.0. The summed E-state index contributed by atoms with van der Waals surface area (Å²) in [6, 6.07) is 18.6. The number of amides is 1. The minimum Gasteiger partial charge on any atom is -0.323 e. The Morgan fingerprint density at radius 3 is 2.52 bits per heavy atom. The van der Waals surface area contributed by atoms with Crippen molar-refractivity contribution in [3.8, 4) is 0 Å². The van der Waals surface area contributed by atoms with Crippen molar-refractivity contribution in [2.45, 2.75) is 39.7 Å². The largest absolute Gasteiger partial charge is 0.323 e. The van der Waals surface area contributed by atoms with Gasteiger partial charge in [-0.25, -0.2) is 0 Å². The zero-order valence-electron chi connectivity index (χ0n) is 16.1. The third-order valence-corrected chi connectivity index (χ3v) is 5.57. The Morgan fingerprint density at radius 1 is 1.07 bits per heavy atom. The van der Waals surface area contributed by atoms with Gasteiger partial charge in [-0.15, -0.1) is 0 Å². The van der Waals surface area contributed by atoms with Crippen molar-refractivity contribution in [2.75, 3.05) is 5.32 Å². The number of nitrogens with one attached hydrogen (secondary N) is 1. The van der Waals surface area contributed by atoms with Crippen molar-refractivity contribution >= 4 is 11.6 Å². The number of anilines is 1. The predicted molar refractivity (Wildman–Crippen MR) is 108 cm³/mol. The SMILES string of the molecule is Cc1ccccc1Cn1nc(C)c(NC(=O)C2CC2c2ccccc2)c1C. The Balaban J connectivity index is 1.48. The van der Waals surface area contributed by atoms with E-state index < -0.39 is 0 Å². The lowest BCUT2D eigenvalue weighted by Gasteiger charge is -2.09. The fourth-order valence-electron chi connectivity index (χ4n) is 3.75. The summed E-state index contributed by atoms with van der Waals surface area (Å²) in [4.78, 5) is 12.7. The average Bonchev–Trinajstić information content (AvgIpc) is 3.43. The summed E-state index contributed by atoms with van der Waals surface area (Å²) < 4.78 is 1.98. The molecule has 1 saturated carbocycles. The third kappa shape index (κ3) is 3.52. The first-order chi connectivity index (χ1) is 13.0. The third-order valence-electron chi connectivity index (χ3n) is 5.57. The molecule has 0 aliphatic heterocycles. The zero-order valence-corrected chi connectivity index (χ0v) is 16.1. The van der Waals surface area contributed by atoms with Crippen molar-refractivity contribution in [3.63, 3.8) is 0 Å². The predicted octanol–water partition coefficient (Wildman–Crippen LogP) is 4.60. The second kappa shape index (κ2) is 7.03. The molecule has 27 heavy (non-hydrogen) atoms. The van der Waals surface area contributed by atoms with Crippen LogP contribution in [0.3, 0.4) is 0 Å². The van der Waals surface area contributed by atoms with E-state index in [9.17, 15) is 4.79 Å². The number of aromatic nitrogens is 2. The highest BCUT2D eigenvalue weighted by Gasteiger charge is 2.44. The number of hydrogen-bond acceptors (Lipinski definition) is 2. The van der Waals surface area contributed by atoms with Crippen LogP contribution in [0.2, 0.25) is 0 Å². The Bertz CT molecular complexity index is 975. The summed E-state index contributed by atoms with van der Waals surface area (Å²) in [5, 5.41) is 7.80. The average molecular weight is 359 g/mol. The highest BCUT2D eigenvalue weighted by molar-refractivity contribution is 5.96. The number of carbonyl (C=O) groups is 1. The maximum absolute atomic E-state index is 12.7. The van der Waals surface area contributed by atoms with Crippen LogP contribution in [0.5, 0.6) is 0 Å². The molecule has 1 aromatic heterocycles. The van der Waals surface area contributed by atoms with E-state index >= 15 is 0 Å². The van der Waals surface area contributed by atoms with Crippen molar-refractivity contribution < 1.29 is 4.79 Å². The van der Waals surface area contributed by atoms with Gasteiger partial charge in [0.25, 0.3) is 0 Å². The number of rotatable bonds is 5. The van der Waals surface area contributed by atoms with Gasteiger partial charge in [-0.2, -0.15) is 5.10 Å². The van der Waals surface area contributed by atoms with Crippen LogP contribution in [-0.2, 0) is 11.3 Å². The minimum atomic E-state index is 0.0610. The van der Waals surface area contributed by atoms with Gasteiger partial charge in [-0.05, 0) is 49.8 Å². The van der Waals surface area contributed by atoms with E-state index in [-0.39, 0.29) is 11.8 Å². The standard InChI is InChI=1S/C23H25N3O/c1-15-9-7-8-12-19(15)14-26-17(3)22(16(2)25-26)24-23(27)21-13-20(21)18-10-5-4-6-11-18/h4-12,20-21H,13-14H2,1-3H3,(H,24,27). The van der Waals surface area contributed by atoms with Crippen LogP contribution in [0.25, 0.3) is 0 Å². The quantitative estimate of drug-likeness (QED) is 0.724. The van der Waals surface area contributed by atoms with Gasteiger partial charge in [0.2, 0.25) is 5.91 Å². The van der Waals surface area contributed by atoms with E-state index in [1.807, 2.05) is 48.9 Å². The van der Waals surface area contributed by atoms with Crippen LogP contribution in [0.15, 0.2) is 54.6 Å². The highest BCUT2D eigenvalue weighted by Crippen LogP contribution is 2.48. The van der Waals surface area contributed by atoms with Crippen molar-refractivity contribution in [3.05, 3.63) is 82.7 Å². The molecule has 2 unspecified atom stereocenters. The molecule has 4 nitrogen and oxygen atoms in total. The number of benzene rings is 2. The lowest BCUT2D eigenvalue weighted by Crippen LogP contribution is -2.16. The van der Waals surface area contributed by atoms with Gasteiger partial charge in [-0.1, -0.05) is 54.6 Å². The van der Waals surface area contributed by atoms with Crippen molar-refractivity contribution in [1.29, 1.82) is 0 Å². The Kier molecular flexibility index (Phi) is 4.56. The van der Waals surface area contributed by atoms with E-state index in [4.69, 9.17) is 0 Å². The van der Waals surface area contributed by atoms with Crippen LogP contribution < -0.4 is 5.32 Å². The number of hydrogen-bond donors (Lipinski definition) is 1. The first-order valence-electron chi connectivity index (χ1n) is 9.49. The molecule has 1 aliphatic carbocycles.